The van der Waals surface area contributed by atoms with E-state index in [0.29, 0.717) is 23.4 Å². The summed E-state index contributed by atoms with van der Waals surface area (Å²) in [6.45, 7) is 1.53. The van der Waals surface area contributed by atoms with Gasteiger partial charge in [-0.05, 0) is 31.7 Å². The Balaban J connectivity index is 2.57. The van der Waals surface area contributed by atoms with Crippen molar-refractivity contribution in [2.45, 2.75) is 32.6 Å². The third-order valence-corrected chi connectivity index (χ3v) is 2.96. The summed E-state index contributed by atoms with van der Waals surface area (Å²) in [7, 11) is 0. The number of rotatable bonds is 2. The van der Waals surface area contributed by atoms with E-state index in [9.17, 15) is 13.6 Å². The number of carbonyl (C=O) groups is 1. The molecule has 1 aliphatic carbocycles. The van der Waals surface area contributed by atoms with Gasteiger partial charge in [0.1, 0.15) is 5.69 Å². The number of aromatic nitrogens is 1. The predicted octanol–water partition coefficient (Wildman–Crippen LogP) is 2.31. The number of nitrogens with zero attached hydrogens (tertiary/aromatic N) is 1. The van der Waals surface area contributed by atoms with Gasteiger partial charge in [0.25, 0.3) is 6.43 Å². The van der Waals surface area contributed by atoms with Crippen molar-refractivity contribution in [1.29, 1.82) is 0 Å². The normalized spacial score (nSPS) is 13.9. The lowest BCUT2D eigenvalue weighted by molar-refractivity contribution is 0.145. The Morgan fingerprint density at radius 3 is 2.76 bits per heavy atom. The summed E-state index contributed by atoms with van der Waals surface area (Å²) in [5, 5.41) is 2.43. The molecule has 0 saturated carbocycles. The van der Waals surface area contributed by atoms with Crippen molar-refractivity contribution in [3.8, 4) is 0 Å². The highest BCUT2D eigenvalue weighted by Crippen LogP contribution is 2.35. The number of carbonyl (C=O) groups excluding carboxylic acids is 1. The van der Waals surface area contributed by atoms with Gasteiger partial charge < -0.3 is 11.1 Å². The topological polar surface area (TPSA) is 68.0 Å². The van der Waals surface area contributed by atoms with Crippen molar-refractivity contribution >= 4 is 11.7 Å². The Bertz CT molecular complexity index is 474. The van der Waals surface area contributed by atoms with Gasteiger partial charge in [-0.15, -0.1) is 0 Å². The highest BCUT2D eigenvalue weighted by molar-refractivity contribution is 5.90. The Kier molecular flexibility index (Phi) is 2.95. The lowest BCUT2D eigenvalue weighted by atomic mass is 10.1. The number of aryl methyl sites for hydroxylation is 1. The average molecular weight is 241 g/mol. The van der Waals surface area contributed by atoms with Crippen molar-refractivity contribution in [2.24, 2.45) is 5.73 Å². The molecule has 0 aromatic carbocycles. The van der Waals surface area contributed by atoms with Crippen LogP contribution in [0.5, 0.6) is 0 Å². The SMILES string of the molecule is Cc1c(C(F)F)nc2c(c1NC(N)=O)CCC2. The largest absolute Gasteiger partial charge is 0.351 e. The van der Waals surface area contributed by atoms with Gasteiger partial charge in [0.15, 0.2) is 0 Å². The quantitative estimate of drug-likeness (QED) is 0.834. The van der Waals surface area contributed by atoms with Gasteiger partial charge in [-0.2, -0.15) is 0 Å². The maximum Gasteiger partial charge on any atom is 0.316 e. The molecule has 17 heavy (non-hydrogen) atoms. The average Bonchev–Trinajstić information content (AvgIpc) is 2.68. The van der Waals surface area contributed by atoms with Gasteiger partial charge in [-0.25, -0.2) is 13.6 Å². The highest BCUT2D eigenvalue weighted by Gasteiger charge is 2.25. The van der Waals surface area contributed by atoms with E-state index in [4.69, 9.17) is 5.73 Å². The summed E-state index contributed by atoms with van der Waals surface area (Å²) in [6, 6.07) is -0.742. The maximum absolute atomic E-state index is 12.8. The third-order valence-electron chi connectivity index (χ3n) is 2.96. The first-order valence-corrected chi connectivity index (χ1v) is 5.37. The lowest BCUT2D eigenvalue weighted by Crippen LogP contribution is -2.22. The zero-order chi connectivity index (χ0) is 12.6. The fraction of sp³-hybridized carbons (Fsp3) is 0.455. The van der Waals surface area contributed by atoms with Crippen LogP contribution in [0.3, 0.4) is 0 Å². The predicted molar refractivity (Wildman–Crippen MR) is 59.2 cm³/mol. The van der Waals surface area contributed by atoms with Gasteiger partial charge in [-0.1, -0.05) is 0 Å². The van der Waals surface area contributed by atoms with E-state index in [0.717, 1.165) is 18.4 Å². The number of nitrogens with two attached hydrogens (primary N) is 1. The van der Waals surface area contributed by atoms with Crippen molar-refractivity contribution in [2.75, 3.05) is 5.32 Å². The summed E-state index contributed by atoms with van der Waals surface area (Å²) in [6.07, 6.45) is -0.373. The number of anilines is 1. The number of halogens is 2. The van der Waals surface area contributed by atoms with Crippen molar-refractivity contribution in [3.63, 3.8) is 0 Å². The first-order valence-electron chi connectivity index (χ1n) is 5.37. The second-order valence-corrected chi connectivity index (χ2v) is 4.07. The molecule has 92 valence electrons. The number of pyridine rings is 1. The fourth-order valence-electron chi connectivity index (χ4n) is 2.21. The molecular formula is C11H13F2N3O. The second kappa shape index (κ2) is 4.27. The Morgan fingerprint density at radius 1 is 1.47 bits per heavy atom. The minimum Gasteiger partial charge on any atom is -0.351 e. The van der Waals surface area contributed by atoms with Crippen LogP contribution in [0.25, 0.3) is 0 Å². The summed E-state index contributed by atoms with van der Waals surface area (Å²) in [5.74, 6) is 0. The van der Waals surface area contributed by atoms with Crippen LogP contribution in [0.1, 0.15) is 35.4 Å². The zero-order valence-electron chi connectivity index (χ0n) is 9.39. The zero-order valence-corrected chi connectivity index (χ0v) is 9.39. The van der Waals surface area contributed by atoms with Crippen molar-refractivity contribution in [3.05, 3.63) is 22.5 Å². The molecule has 1 heterocycles. The molecule has 0 saturated heterocycles. The molecule has 0 spiro atoms. The standard InChI is InChI=1S/C11H13F2N3O/c1-5-8(16-11(14)17)6-3-2-4-7(6)15-9(5)10(12)13/h10H,2-4H2,1H3,(H3,14,15,16,17). The van der Waals surface area contributed by atoms with E-state index >= 15 is 0 Å². The molecule has 1 aromatic heterocycles. The Morgan fingerprint density at radius 2 is 2.18 bits per heavy atom. The summed E-state index contributed by atoms with van der Waals surface area (Å²) < 4.78 is 25.6. The number of primary amides is 1. The van der Waals surface area contributed by atoms with Crippen LogP contribution in [-0.4, -0.2) is 11.0 Å². The summed E-state index contributed by atoms with van der Waals surface area (Å²) in [5.41, 5.74) is 6.99. The highest BCUT2D eigenvalue weighted by atomic mass is 19.3. The number of hydrogen-bond donors (Lipinski definition) is 2. The smallest absolute Gasteiger partial charge is 0.316 e. The molecule has 0 fully saturated rings. The van der Waals surface area contributed by atoms with E-state index < -0.39 is 12.5 Å². The van der Waals surface area contributed by atoms with Crippen LogP contribution >= 0.6 is 0 Å². The minimum absolute atomic E-state index is 0.269. The second-order valence-electron chi connectivity index (χ2n) is 4.07. The van der Waals surface area contributed by atoms with E-state index in [1.54, 1.807) is 0 Å². The van der Waals surface area contributed by atoms with Crippen molar-refractivity contribution in [1.82, 2.24) is 4.98 Å². The molecule has 2 rings (SSSR count). The first kappa shape index (κ1) is 11.8. The monoisotopic (exact) mass is 241 g/mol. The number of amides is 2. The Labute approximate surface area is 97.2 Å². The van der Waals surface area contributed by atoms with E-state index in [2.05, 4.69) is 10.3 Å². The van der Waals surface area contributed by atoms with Crippen LogP contribution in [0.2, 0.25) is 0 Å². The molecule has 0 radical (unpaired) electrons. The molecule has 0 atom stereocenters. The third kappa shape index (κ3) is 2.07. The van der Waals surface area contributed by atoms with E-state index in [-0.39, 0.29) is 5.69 Å². The molecule has 0 unspecified atom stereocenters. The van der Waals surface area contributed by atoms with Crippen LogP contribution < -0.4 is 11.1 Å². The number of urea groups is 1. The summed E-state index contributed by atoms with van der Waals surface area (Å²) in [4.78, 5) is 14.9. The molecule has 3 N–H and O–H groups in total. The first-order chi connectivity index (χ1) is 8.00. The van der Waals surface area contributed by atoms with E-state index in [1.165, 1.54) is 6.92 Å². The van der Waals surface area contributed by atoms with Gasteiger partial charge in [0, 0.05) is 11.3 Å². The van der Waals surface area contributed by atoms with Crippen LogP contribution in [-0.2, 0) is 12.8 Å². The molecule has 2 amide bonds. The van der Waals surface area contributed by atoms with Gasteiger partial charge in [0.2, 0.25) is 0 Å². The molecular weight excluding hydrogens is 228 g/mol. The number of alkyl halides is 2. The van der Waals surface area contributed by atoms with Crippen LogP contribution in [0, 0.1) is 6.92 Å². The number of nitrogens with one attached hydrogen (secondary N) is 1. The molecule has 1 aliphatic rings. The maximum atomic E-state index is 12.8. The number of hydrogen-bond acceptors (Lipinski definition) is 2. The van der Waals surface area contributed by atoms with Gasteiger partial charge in [-0.3, -0.25) is 4.98 Å². The summed E-state index contributed by atoms with van der Waals surface area (Å²) >= 11 is 0. The van der Waals surface area contributed by atoms with Gasteiger partial charge in [0.05, 0.1) is 5.69 Å². The van der Waals surface area contributed by atoms with Crippen molar-refractivity contribution < 1.29 is 13.6 Å². The molecule has 1 aromatic rings. The minimum atomic E-state index is -2.64. The molecule has 0 bridgehead atoms. The van der Waals surface area contributed by atoms with Gasteiger partial charge >= 0.3 is 6.03 Å². The van der Waals surface area contributed by atoms with Crippen LogP contribution in [0.4, 0.5) is 19.3 Å². The number of fused-ring (bicyclic) bond motifs is 1. The lowest BCUT2D eigenvalue weighted by Gasteiger charge is -2.15. The Hall–Kier alpha value is -1.72. The molecule has 4 nitrogen and oxygen atoms in total. The van der Waals surface area contributed by atoms with E-state index in [1.807, 2.05) is 0 Å². The van der Waals surface area contributed by atoms with Crippen LogP contribution in [0.15, 0.2) is 0 Å². The molecule has 6 heteroatoms. The fourth-order valence-corrected chi connectivity index (χ4v) is 2.21. The molecule has 0 aliphatic heterocycles.